The number of carbonyl (C=O) groups excluding carboxylic acids is 1. The first kappa shape index (κ1) is 17.7. The number of nitro benzene ring substituents is 1. The van der Waals surface area contributed by atoms with Crippen LogP contribution in [-0.2, 0) is 11.3 Å². The molecule has 0 saturated heterocycles. The van der Waals surface area contributed by atoms with Crippen LogP contribution in [0.5, 0.6) is 0 Å². The fourth-order valence-corrected chi connectivity index (χ4v) is 2.42. The molecule has 0 aliphatic carbocycles. The van der Waals surface area contributed by atoms with Crippen molar-refractivity contribution in [1.29, 1.82) is 0 Å². The maximum absolute atomic E-state index is 12.1. The molecule has 0 aromatic heterocycles. The Morgan fingerprint density at radius 3 is 2.71 bits per heavy atom. The lowest BCUT2D eigenvalue weighted by Crippen LogP contribution is -2.10. The molecule has 0 bridgehead atoms. The summed E-state index contributed by atoms with van der Waals surface area (Å²) in [4.78, 5) is 22.5. The highest BCUT2D eigenvalue weighted by atomic mass is 35.5. The minimum absolute atomic E-state index is 0.151. The average molecular weight is 350 g/mol. The van der Waals surface area contributed by atoms with Gasteiger partial charge in [-0.25, -0.2) is 4.79 Å². The lowest BCUT2D eigenvalue weighted by atomic mass is 10.1. The lowest BCUT2D eigenvalue weighted by Gasteiger charge is -2.15. The molecule has 0 atom stereocenters. The fourth-order valence-electron chi connectivity index (χ4n) is 2.16. The fraction of sp³-hybridized carbons (Fsp3) is 0.188. The van der Waals surface area contributed by atoms with Crippen molar-refractivity contribution in [3.05, 3.63) is 62.7 Å². The number of halogens is 1. The van der Waals surface area contributed by atoms with Crippen LogP contribution in [0.25, 0.3) is 0 Å². The Balaban J connectivity index is 2.50. The molecule has 0 aliphatic rings. The van der Waals surface area contributed by atoms with Gasteiger partial charge in [0.25, 0.3) is 5.69 Å². The molecule has 8 heteroatoms. The molecule has 0 radical (unpaired) electrons. The summed E-state index contributed by atoms with van der Waals surface area (Å²) in [5.41, 5.74) is 7.19. The minimum atomic E-state index is -0.578. The number of nitrogens with zero attached hydrogens (tertiary/aromatic N) is 1. The van der Waals surface area contributed by atoms with Gasteiger partial charge < -0.3 is 15.8 Å². The van der Waals surface area contributed by atoms with Crippen LogP contribution >= 0.6 is 11.6 Å². The van der Waals surface area contributed by atoms with Gasteiger partial charge in [0, 0.05) is 35.0 Å². The number of esters is 1. The normalized spacial score (nSPS) is 10.3. The molecule has 0 saturated carbocycles. The molecule has 0 spiro atoms. The quantitative estimate of drug-likeness (QED) is 0.468. The van der Waals surface area contributed by atoms with Crippen LogP contribution in [0, 0.1) is 10.1 Å². The summed E-state index contributed by atoms with van der Waals surface area (Å²) in [6.07, 6.45) is 0. The van der Waals surface area contributed by atoms with Gasteiger partial charge in [-0.05, 0) is 25.1 Å². The smallest absolute Gasteiger partial charge is 0.340 e. The standard InChI is InChI=1S/C16H16ClN3O4/c1-2-24-16(21)11-7-6-10(20(22)23)8-15(11)19-14-5-3-4-13(17)12(14)9-18/h3-8,19H,2,9,18H2,1H3. The molecular weight excluding hydrogens is 334 g/mol. The van der Waals surface area contributed by atoms with Crippen LogP contribution in [0.2, 0.25) is 5.02 Å². The van der Waals surface area contributed by atoms with Gasteiger partial charge in [0.05, 0.1) is 22.8 Å². The molecule has 2 aromatic rings. The van der Waals surface area contributed by atoms with Crippen LogP contribution in [0.15, 0.2) is 36.4 Å². The third-order valence-electron chi connectivity index (χ3n) is 3.30. The van der Waals surface area contributed by atoms with Crippen molar-refractivity contribution >= 4 is 34.6 Å². The first-order valence-corrected chi connectivity index (χ1v) is 7.55. The van der Waals surface area contributed by atoms with E-state index in [1.165, 1.54) is 18.2 Å². The van der Waals surface area contributed by atoms with Gasteiger partial charge in [0.1, 0.15) is 0 Å². The van der Waals surface area contributed by atoms with E-state index in [4.69, 9.17) is 22.1 Å². The SMILES string of the molecule is CCOC(=O)c1ccc([N+](=O)[O-])cc1Nc1cccc(Cl)c1CN. The number of nitro groups is 1. The molecule has 3 N–H and O–H groups in total. The van der Waals surface area contributed by atoms with Crippen LogP contribution in [0.1, 0.15) is 22.8 Å². The molecule has 24 heavy (non-hydrogen) atoms. The summed E-state index contributed by atoms with van der Waals surface area (Å²) >= 11 is 6.11. The zero-order valence-electron chi connectivity index (χ0n) is 12.9. The second-order valence-electron chi connectivity index (χ2n) is 4.80. The number of nitrogens with two attached hydrogens (primary N) is 1. The first-order valence-electron chi connectivity index (χ1n) is 7.18. The van der Waals surface area contributed by atoms with E-state index in [9.17, 15) is 14.9 Å². The van der Waals surface area contributed by atoms with Gasteiger partial charge in [-0.15, -0.1) is 0 Å². The van der Waals surface area contributed by atoms with E-state index in [0.29, 0.717) is 16.3 Å². The first-order chi connectivity index (χ1) is 11.5. The predicted octanol–water partition coefficient (Wildman–Crippen LogP) is 3.63. The van der Waals surface area contributed by atoms with Crippen LogP contribution in [0.4, 0.5) is 17.1 Å². The van der Waals surface area contributed by atoms with E-state index < -0.39 is 10.9 Å². The van der Waals surface area contributed by atoms with Crippen molar-refractivity contribution in [3.63, 3.8) is 0 Å². The third kappa shape index (κ3) is 3.81. The second-order valence-corrected chi connectivity index (χ2v) is 5.21. The summed E-state index contributed by atoms with van der Waals surface area (Å²) in [6.45, 7) is 2.05. The van der Waals surface area contributed by atoms with Gasteiger partial charge in [-0.3, -0.25) is 10.1 Å². The number of hydrogen-bond donors (Lipinski definition) is 2. The molecule has 0 aliphatic heterocycles. The molecule has 0 amide bonds. The molecule has 2 aromatic carbocycles. The van der Waals surface area contributed by atoms with Crippen molar-refractivity contribution in [3.8, 4) is 0 Å². The number of carbonyl (C=O) groups is 1. The topological polar surface area (TPSA) is 107 Å². The third-order valence-corrected chi connectivity index (χ3v) is 3.66. The van der Waals surface area contributed by atoms with Crippen LogP contribution in [-0.4, -0.2) is 17.5 Å². The highest BCUT2D eigenvalue weighted by Gasteiger charge is 2.18. The number of anilines is 2. The number of ether oxygens (including phenoxy) is 1. The zero-order chi connectivity index (χ0) is 17.7. The van der Waals surface area contributed by atoms with Crippen molar-refractivity contribution < 1.29 is 14.5 Å². The predicted molar refractivity (Wildman–Crippen MR) is 91.7 cm³/mol. The van der Waals surface area contributed by atoms with Gasteiger partial charge >= 0.3 is 5.97 Å². The minimum Gasteiger partial charge on any atom is -0.462 e. The summed E-state index contributed by atoms with van der Waals surface area (Å²) in [5, 5.41) is 14.5. The summed E-state index contributed by atoms with van der Waals surface area (Å²) in [7, 11) is 0. The van der Waals surface area contributed by atoms with Crippen molar-refractivity contribution in [1.82, 2.24) is 0 Å². The van der Waals surface area contributed by atoms with Crippen LogP contribution in [0.3, 0.4) is 0 Å². The molecule has 0 heterocycles. The van der Waals surface area contributed by atoms with E-state index in [1.807, 2.05) is 0 Å². The van der Waals surface area contributed by atoms with Gasteiger partial charge in [0.15, 0.2) is 0 Å². The number of nitrogens with one attached hydrogen (secondary N) is 1. The molecule has 126 valence electrons. The average Bonchev–Trinajstić information content (AvgIpc) is 2.55. The highest BCUT2D eigenvalue weighted by Crippen LogP contribution is 2.30. The maximum atomic E-state index is 12.1. The van der Waals surface area contributed by atoms with Gasteiger partial charge in [0.2, 0.25) is 0 Å². The van der Waals surface area contributed by atoms with E-state index in [2.05, 4.69) is 5.32 Å². The Kier molecular flexibility index (Phi) is 5.73. The largest absolute Gasteiger partial charge is 0.462 e. The molecule has 7 nitrogen and oxygen atoms in total. The van der Waals surface area contributed by atoms with E-state index in [-0.39, 0.29) is 30.1 Å². The van der Waals surface area contributed by atoms with E-state index >= 15 is 0 Å². The van der Waals surface area contributed by atoms with Gasteiger partial charge in [-0.2, -0.15) is 0 Å². The zero-order valence-corrected chi connectivity index (χ0v) is 13.7. The number of hydrogen-bond acceptors (Lipinski definition) is 6. The van der Waals surface area contributed by atoms with Crippen molar-refractivity contribution in [2.24, 2.45) is 5.73 Å². The molecule has 0 unspecified atom stereocenters. The molecule has 2 rings (SSSR count). The van der Waals surface area contributed by atoms with Crippen molar-refractivity contribution in [2.75, 3.05) is 11.9 Å². The number of non-ortho nitro benzene ring substituents is 1. The summed E-state index contributed by atoms with van der Waals surface area (Å²) in [6, 6.07) is 9.00. The Morgan fingerprint density at radius 2 is 2.08 bits per heavy atom. The summed E-state index contributed by atoms with van der Waals surface area (Å²) < 4.78 is 4.99. The molecule has 0 fully saturated rings. The molecular formula is C16H16ClN3O4. The lowest BCUT2D eigenvalue weighted by molar-refractivity contribution is -0.384. The monoisotopic (exact) mass is 349 g/mol. The number of rotatable bonds is 6. The Hall–Kier alpha value is -2.64. The number of benzene rings is 2. The van der Waals surface area contributed by atoms with Crippen LogP contribution < -0.4 is 11.1 Å². The van der Waals surface area contributed by atoms with Gasteiger partial charge in [-0.1, -0.05) is 17.7 Å². The van der Waals surface area contributed by atoms with E-state index in [0.717, 1.165) is 0 Å². The second kappa shape index (κ2) is 7.76. The maximum Gasteiger partial charge on any atom is 0.340 e. The highest BCUT2D eigenvalue weighted by molar-refractivity contribution is 6.31. The van der Waals surface area contributed by atoms with E-state index in [1.54, 1.807) is 25.1 Å². The summed E-state index contributed by atoms with van der Waals surface area (Å²) in [5.74, 6) is -0.578. The Morgan fingerprint density at radius 1 is 1.33 bits per heavy atom. The Labute approximate surface area is 143 Å². The van der Waals surface area contributed by atoms with Crippen molar-refractivity contribution in [2.45, 2.75) is 13.5 Å². The Bertz CT molecular complexity index is 780.